The molecule has 0 fully saturated rings. The predicted octanol–water partition coefficient (Wildman–Crippen LogP) is 2.59. The van der Waals surface area contributed by atoms with E-state index in [2.05, 4.69) is 20.0 Å². The van der Waals surface area contributed by atoms with Crippen molar-refractivity contribution in [3.8, 4) is 0 Å². The molecule has 0 aliphatic rings. The molecule has 2 N–H and O–H groups in total. The zero-order chi connectivity index (χ0) is 17.2. The summed E-state index contributed by atoms with van der Waals surface area (Å²) < 4.78 is 27.5. The summed E-state index contributed by atoms with van der Waals surface area (Å²) in [5.41, 5.74) is 2.02. The van der Waals surface area contributed by atoms with Crippen LogP contribution in [0.4, 0.5) is 17.2 Å². The molecule has 24 heavy (non-hydrogen) atoms. The van der Waals surface area contributed by atoms with Crippen molar-refractivity contribution in [1.29, 1.82) is 0 Å². The molecule has 0 bridgehead atoms. The fourth-order valence-corrected chi connectivity index (χ4v) is 2.75. The topological polar surface area (TPSA) is 87.2 Å². The summed E-state index contributed by atoms with van der Waals surface area (Å²) in [5, 5.41) is 4.09. The Morgan fingerprint density at radius 2 is 1.71 bits per heavy atom. The monoisotopic (exact) mass is 343 g/mol. The molecule has 1 heterocycles. The number of fused-ring (bicyclic) bond motifs is 1. The number of rotatable bonds is 5. The Hall–Kier alpha value is -2.71. The highest BCUT2D eigenvalue weighted by atomic mass is 32.2. The van der Waals surface area contributed by atoms with Gasteiger partial charge in [-0.25, -0.2) is 9.97 Å². The Balaban J connectivity index is 1.90. The van der Waals surface area contributed by atoms with Gasteiger partial charge in [-0.2, -0.15) is 12.7 Å². The maximum absolute atomic E-state index is 11.9. The standard InChI is InChI=1S/C16H17N5O2S/c1-21(2)24(22,23)20-13-7-5-6-12(10-13)19-16-14-8-3-4-9-15(14)17-11-18-16/h3-11,20H,1-2H3,(H,17,18,19). The quantitative estimate of drug-likeness (QED) is 0.743. The number of hydrogen-bond acceptors (Lipinski definition) is 5. The van der Waals surface area contributed by atoms with Crippen LogP contribution >= 0.6 is 0 Å². The summed E-state index contributed by atoms with van der Waals surface area (Å²) in [6.07, 6.45) is 1.49. The highest BCUT2D eigenvalue weighted by molar-refractivity contribution is 7.90. The highest BCUT2D eigenvalue weighted by Gasteiger charge is 2.13. The number of para-hydroxylation sites is 1. The first kappa shape index (κ1) is 16.2. The summed E-state index contributed by atoms with van der Waals surface area (Å²) >= 11 is 0. The predicted molar refractivity (Wildman–Crippen MR) is 95.5 cm³/mol. The molecule has 0 aliphatic heterocycles. The molecule has 0 saturated carbocycles. The normalized spacial score (nSPS) is 11.6. The Bertz CT molecular complexity index is 968. The van der Waals surface area contributed by atoms with Gasteiger partial charge in [0.1, 0.15) is 12.1 Å². The molecule has 0 radical (unpaired) electrons. The smallest absolute Gasteiger partial charge is 0.301 e. The number of benzene rings is 2. The zero-order valence-electron chi connectivity index (χ0n) is 13.3. The molecule has 0 amide bonds. The Morgan fingerprint density at radius 1 is 0.958 bits per heavy atom. The van der Waals surface area contributed by atoms with Gasteiger partial charge in [-0.1, -0.05) is 18.2 Å². The molecule has 7 nitrogen and oxygen atoms in total. The molecule has 1 aromatic heterocycles. The molecule has 2 aromatic carbocycles. The van der Waals surface area contributed by atoms with Crippen molar-refractivity contribution in [2.45, 2.75) is 0 Å². The van der Waals surface area contributed by atoms with Crippen molar-refractivity contribution in [2.24, 2.45) is 0 Å². The lowest BCUT2D eigenvalue weighted by Crippen LogP contribution is -2.28. The van der Waals surface area contributed by atoms with Gasteiger partial charge in [-0.05, 0) is 30.3 Å². The molecule has 8 heteroatoms. The average Bonchev–Trinajstić information content (AvgIpc) is 2.55. The van der Waals surface area contributed by atoms with Gasteiger partial charge >= 0.3 is 10.2 Å². The molecule has 0 spiro atoms. The van der Waals surface area contributed by atoms with Crippen LogP contribution in [0.5, 0.6) is 0 Å². The van der Waals surface area contributed by atoms with E-state index in [1.165, 1.54) is 20.4 Å². The lowest BCUT2D eigenvalue weighted by Gasteiger charge is -2.14. The molecule has 124 valence electrons. The van der Waals surface area contributed by atoms with Gasteiger partial charge in [0.05, 0.1) is 11.2 Å². The number of anilines is 3. The minimum Gasteiger partial charge on any atom is -0.340 e. The summed E-state index contributed by atoms with van der Waals surface area (Å²) in [7, 11) is -0.606. The molecule has 0 atom stereocenters. The van der Waals surface area contributed by atoms with E-state index in [1.807, 2.05) is 30.3 Å². The number of nitrogens with one attached hydrogen (secondary N) is 2. The van der Waals surface area contributed by atoms with Crippen LogP contribution < -0.4 is 10.0 Å². The van der Waals surface area contributed by atoms with Crippen LogP contribution in [0.1, 0.15) is 0 Å². The van der Waals surface area contributed by atoms with E-state index in [-0.39, 0.29) is 0 Å². The van der Waals surface area contributed by atoms with E-state index >= 15 is 0 Å². The lowest BCUT2D eigenvalue weighted by atomic mass is 10.2. The van der Waals surface area contributed by atoms with Crippen LogP contribution in [0, 0.1) is 0 Å². The summed E-state index contributed by atoms with van der Waals surface area (Å²) in [5.74, 6) is 0.660. The van der Waals surface area contributed by atoms with E-state index in [0.717, 1.165) is 20.9 Å². The van der Waals surface area contributed by atoms with Crippen LogP contribution in [-0.4, -0.2) is 36.8 Å². The average molecular weight is 343 g/mol. The van der Waals surface area contributed by atoms with Crippen molar-refractivity contribution < 1.29 is 8.42 Å². The van der Waals surface area contributed by atoms with E-state index in [0.29, 0.717) is 11.5 Å². The summed E-state index contributed by atoms with van der Waals surface area (Å²) in [4.78, 5) is 8.49. The second kappa shape index (κ2) is 6.42. The van der Waals surface area contributed by atoms with Crippen LogP contribution in [0.2, 0.25) is 0 Å². The second-order valence-corrected chi connectivity index (χ2v) is 7.22. The van der Waals surface area contributed by atoms with Gasteiger partial charge in [0.2, 0.25) is 0 Å². The van der Waals surface area contributed by atoms with E-state index < -0.39 is 10.2 Å². The van der Waals surface area contributed by atoms with Gasteiger partial charge in [0.15, 0.2) is 0 Å². The summed E-state index contributed by atoms with van der Waals surface area (Å²) in [6.45, 7) is 0. The van der Waals surface area contributed by atoms with Crippen LogP contribution in [0.25, 0.3) is 10.9 Å². The SMILES string of the molecule is CN(C)S(=O)(=O)Nc1cccc(Nc2ncnc3ccccc23)c1. The first-order valence-corrected chi connectivity index (χ1v) is 8.67. The molecule has 0 aliphatic carbocycles. The van der Waals surface area contributed by atoms with Crippen molar-refractivity contribution >= 4 is 38.3 Å². The fraction of sp³-hybridized carbons (Fsp3) is 0.125. The van der Waals surface area contributed by atoms with Crippen LogP contribution in [-0.2, 0) is 10.2 Å². The van der Waals surface area contributed by atoms with Crippen LogP contribution in [0.3, 0.4) is 0 Å². The van der Waals surface area contributed by atoms with Crippen molar-refractivity contribution in [3.05, 3.63) is 54.9 Å². The third-order valence-corrected chi connectivity index (χ3v) is 4.85. The largest absolute Gasteiger partial charge is 0.340 e. The van der Waals surface area contributed by atoms with Crippen LogP contribution in [0.15, 0.2) is 54.9 Å². The molecule has 3 aromatic rings. The highest BCUT2D eigenvalue weighted by Crippen LogP contribution is 2.24. The molecule has 0 unspecified atom stereocenters. The number of hydrogen-bond donors (Lipinski definition) is 2. The maximum Gasteiger partial charge on any atom is 0.301 e. The van der Waals surface area contributed by atoms with Gasteiger partial charge in [0, 0.05) is 25.2 Å². The lowest BCUT2D eigenvalue weighted by molar-refractivity contribution is 0.527. The molecular weight excluding hydrogens is 326 g/mol. The first-order valence-electron chi connectivity index (χ1n) is 7.23. The maximum atomic E-state index is 11.9. The minimum atomic E-state index is -3.55. The van der Waals surface area contributed by atoms with E-state index in [1.54, 1.807) is 18.2 Å². The fourth-order valence-electron chi connectivity index (χ4n) is 2.14. The summed E-state index contributed by atoms with van der Waals surface area (Å²) in [6, 6.07) is 14.7. The zero-order valence-corrected chi connectivity index (χ0v) is 14.1. The van der Waals surface area contributed by atoms with Crippen molar-refractivity contribution in [2.75, 3.05) is 24.1 Å². The third-order valence-electron chi connectivity index (χ3n) is 3.40. The van der Waals surface area contributed by atoms with Gasteiger partial charge in [-0.3, -0.25) is 4.72 Å². The van der Waals surface area contributed by atoms with E-state index in [4.69, 9.17) is 0 Å². The number of nitrogens with zero attached hydrogens (tertiary/aromatic N) is 3. The van der Waals surface area contributed by atoms with Crippen molar-refractivity contribution in [3.63, 3.8) is 0 Å². The Kier molecular flexibility index (Phi) is 4.32. The van der Waals surface area contributed by atoms with Gasteiger partial charge in [-0.15, -0.1) is 0 Å². The van der Waals surface area contributed by atoms with Crippen molar-refractivity contribution in [1.82, 2.24) is 14.3 Å². The second-order valence-electron chi connectivity index (χ2n) is 5.33. The van der Waals surface area contributed by atoms with E-state index in [9.17, 15) is 8.42 Å². The third kappa shape index (κ3) is 3.44. The first-order chi connectivity index (χ1) is 11.5. The number of aromatic nitrogens is 2. The van der Waals surface area contributed by atoms with Gasteiger partial charge < -0.3 is 5.32 Å². The molecular formula is C16H17N5O2S. The van der Waals surface area contributed by atoms with Gasteiger partial charge in [0.25, 0.3) is 0 Å². The molecule has 0 saturated heterocycles. The Labute approximate surface area is 140 Å². The minimum absolute atomic E-state index is 0.465. The Morgan fingerprint density at radius 3 is 2.50 bits per heavy atom. The molecule has 3 rings (SSSR count).